The minimum absolute atomic E-state index is 0.0815. The second kappa shape index (κ2) is 4.02. The van der Waals surface area contributed by atoms with E-state index in [-0.39, 0.29) is 5.78 Å². The Morgan fingerprint density at radius 2 is 2.43 bits per heavy atom. The summed E-state index contributed by atoms with van der Waals surface area (Å²) in [4.78, 5) is 14.4. The van der Waals surface area contributed by atoms with E-state index in [9.17, 15) is 4.79 Å². The standard InChI is InChI=1S/C10H9NOS2/c1-11-4-6-14-10(11)7-8(12)9-3-2-5-13-9/h2-7H,1H3. The van der Waals surface area contributed by atoms with E-state index in [1.165, 1.54) is 11.3 Å². The second-order valence-corrected chi connectivity index (χ2v) is 4.71. The van der Waals surface area contributed by atoms with Crippen molar-refractivity contribution >= 4 is 28.9 Å². The summed E-state index contributed by atoms with van der Waals surface area (Å²) in [6, 6.07) is 3.73. The van der Waals surface area contributed by atoms with Crippen LogP contribution in [0.1, 0.15) is 9.67 Å². The van der Waals surface area contributed by atoms with Crippen LogP contribution in [-0.2, 0) is 0 Å². The molecule has 0 radical (unpaired) electrons. The first-order chi connectivity index (χ1) is 6.77. The highest BCUT2D eigenvalue weighted by Gasteiger charge is 2.11. The summed E-state index contributed by atoms with van der Waals surface area (Å²) in [5, 5.41) is 4.85. The van der Waals surface area contributed by atoms with Gasteiger partial charge in [0.1, 0.15) is 0 Å². The van der Waals surface area contributed by atoms with Gasteiger partial charge in [-0.3, -0.25) is 4.79 Å². The molecule has 1 aromatic rings. The number of carbonyl (C=O) groups excluding carboxylic acids is 1. The van der Waals surface area contributed by atoms with Crippen molar-refractivity contribution in [1.82, 2.24) is 4.90 Å². The highest BCUT2D eigenvalue weighted by atomic mass is 32.2. The number of ketones is 1. The van der Waals surface area contributed by atoms with Crippen molar-refractivity contribution in [2.45, 2.75) is 0 Å². The molecular weight excluding hydrogens is 214 g/mol. The highest BCUT2D eigenvalue weighted by molar-refractivity contribution is 8.06. The number of nitrogens with zero attached hydrogens (tertiary/aromatic N) is 1. The van der Waals surface area contributed by atoms with Gasteiger partial charge in [0.15, 0.2) is 5.78 Å². The second-order valence-electron chi connectivity index (χ2n) is 2.84. The third-order valence-electron chi connectivity index (χ3n) is 1.84. The molecule has 0 saturated carbocycles. The molecule has 0 spiro atoms. The van der Waals surface area contributed by atoms with Crippen LogP contribution in [0.25, 0.3) is 0 Å². The summed E-state index contributed by atoms with van der Waals surface area (Å²) in [5.41, 5.74) is 0. The Hall–Kier alpha value is -1.000. The monoisotopic (exact) mass is 223 g/mol. The zero-order valence-corrected chi connectivity index (χ0v) is 9.27. The maximum atomic E-state index is 11.7. The molecule has 0 amide bonds. The zero-order valence-electron chi connectivity index (χ0n) is 7.64. The van der Waals surface area contributed by atoms with Crippen LogP contribution in [0.5, 0.6) is 0 Å². The average molecular weight is 223 g/mol. The number of hydrogen-bond acceptors (Lipinski definition) is 4. The number of allylic oxidation sites excluding steroid dienone is 1. The molecule has 0 N–H and O–H groups in total. The Kier molecular flexibility index (Phi) is 2.74. The summed E-state index contributed by atoms with van der Waals surface area (Å²) in [6.45, 7) is 0. The fourth-order valence-corrected chi connectivity index (χ4v) is 2.51. The molecule has 0 fully saturated rings. The SMILES string of the molecule is CN1C=CSC1=CC(=O)c1cccs1. The van der Waals surface area contributed by atoms with Crippen molar-refractivity contribution < 1.29 is 4.79 Å². The normalized spacial score (nSPS) is 18.1. The van der Waals surface area contributed by atoms with Gasteiger partial charge in [-0.15, -0.1) is 11.3 Å². The molecule has 2 rings (SSSR count). The van der Waals surface area contributed by atoms with Crippen molar-refractivity contribution in [1.29, 1.82) is 0 Å². The van der Waals surface area contributed by atoms with Gasteiger partial charge in [0, 0.05) is 19.3 Å². The molecule has 0 atom stereocenters. The Balaban J connectivity index is 2.15. The lowest BCUT2D eigenvalue weighted by Gasteiger charge is -2.08. The minimum Gasteiger partial charge on any atom is -0.345 e. The third kappa shape index (κ3) is 1.91. The van der Waals surface area contributed by atoms with Crippen LogP contribution in [0.4, 0.5) is 0 Å². The molecule has 0 aliphatic carbocycles. The van der Waals surface area contributed by atoms with Gasteiger partial charge in [0.2, 0.25) is 0 Å². The lowest BCUT2D eigenvalue weighted by atomic mass is 10.3. The number of thiophene rings is 1. The van der Waals surface area contributed by atoms with Crippen molar-refractivity contribution in [3.05, 3.63) is 45.1 Å². The molecule has 0 saturated heterocycles. The van der Waals surface area contributed by atoms with E-state index >= 15 is 0 Å². The van der Waals surface area contributed by atoms with Gasteiger partial charge in [0.25, 0.3) is 0 Å². The number of hydrogen-bond donors (Lipinski definition) is 0. The van der Waals surface area contributed by atoms with E-state index in [1.54, 1.807) is 17.8 Å². The zero-order chi connectivity index (χ0) is 9.97. The summed E-state index contributed by atoms with van der Waals surface area (Å²) >= 11 is 3.04. The van der Waals surface area contributed by atoms with E-state index in [4.69, 9.17) is 0 Å². The molecule has 1 aliphatic heterocycles. The average Bonchev–Trinajstić information content (AvgIpc) is 2.77. The maximum Gasteiger partial charge on any atom is 0.198 e. The molecule has 1 aromatic heterocycles. The lowest BCUT2D eigenvalue weighted by molar-refractivity contribution is 0.104. The van der Waals surface area contributed by atoms with Crippen LogP contribution < -0.4 is 0 Å². The minimum atomic E-state index is 0.0815. The van der Waals surface area contributed by atoms with Gasteiger partial charge in [0.05, 0.1) is 9.91 Å². The van der Waals surface area contributed by atoms with E-state index in [0.29, 0.717) is 0 Å². The van der Waals surface area contributed by atoms with Crippen molar-refractivity contribution in [2.24, 2.45) is 0 Å². The summed E-state index contributed by atoms with van der Waals surface area (Å²) in [6.07, 6.45) is 3.62. The smallest absolute Gasteiger partial charge is 0.198 e. The predicted octanol–water partition coefficient (Wildman–Crippen LogP) is 2.92. The maximum absolute atomic E-state index is 11.7. The Labute approximate surface area is 90.9 Å². The van der Waals surface area contributed by atoms with Crippen molar-refractivity contribution in [2.75, 3.05) is 7.05 Å². The van der Waals surface area contributed by atoms with Crippen LogP contribution in [0.2, 0.25) is 0 Å². The largest absolute Gasteiger partial charge is 0.345 e. The lowest BCUT2D eigenvalue weighted by Crippen LogP contribution is -2.05. The predicted molar refractivity (Wildman–Crippen MR) is 61.2 cm³/mol. The third-order valence-corrected chi connectivity index (χ3v) is 3.63. The molecule has 4 heteroatoms. The van der Waals surface area contributed by atoms with Gasteiger partial charge in [-0.05, 0) is 16.9 Å². The van der Waals surface area contributed by atoms with Gasteiger partial charge in [-0.1, -0.05) is 17.8 Å². The fourth-order valence-electron chi connectivity index (χ4n) is 1.09. The van der Waals surface area contributed by atoms with E-state index in [0.717, 1.165) is 9.91 Å². The van der Waals surface area contributed by atoms with Gasteiger partial charge < -0.3 is 4.90 Å². The fraction of sp³-hybridized carbons (Fsp3) is 0.100. The summed E-state index contributed by atoms with van der Waals surface area (Å²) in [5.74, 6) is 0.0815. The highest BCUT2D eigenvalue weighted by Crippen LogP contribution is 2.27. The van der Waals surface area contributed by atoms with E-state index in [2.05, 4.69) is 0 Å². The molecule has 0 bridgehead atoms. The summed E-state index contributed by atoms with van der Waals surface area (Å²) < 4.78 is 0. The number of rotatable bonds is 2. The summed E-state index contributed by atoms with van der Waals surface area (Å²) in [7, 11) is 1.93. The van der Waals surface area contributed by atoms with Gasteiger partial charge in [-0.2, -0.15) is 0 Å². The molecule has 0 unspecified atom stereocenters. The first kappa shape index (κ1) is 9.55. The number of thioether (sulfide) groups is 1. The molecule has 72 valence electrons. The quantitative estimate of drug-likeness (QED) is 0.568. The molecule has 2 nitrogen and oxygen atoms in total. The first-order valence-corrected chi connectivity index (χ1v) is 5.89. The van der Waals surface area contributed by atoms with Crippen molar-refractivity contribution in [3.63, 3.8) is 0 Å². The van der Waals surface area contributed by atoms with Crippen LogP contribution >= 0.6 is 23.1 Å². The van der Waals surface area contributed by atoms with Gasteiger partial charge in [-0.25, -0.2) is 0 Å². The van der Waals surface area contributed by atoms with Gasteiger partial charge >= 0.3 is 0 Å². The Bertz CT molecular complexity index is 392. The Morgan fingerprint density at radius 3 is 3.00 bits per heavy atom. The number of carbonyl (C=O) groups is 1. The first-order valence-electron chi connectivity index (χ1n) is 4.13. The molecule has 0 aromatic carbocycles. The molecule has 1 aliphatic rings. The molecule has 2 heterocycles. The van der Waals surface area contributed by atoms with Crippen LogP contribution in [0.15, 0.2) is 40.2 Å². The van der Waals surface area contributed by atoms with E-state index in [1.807, 2.05) is 41.1 Å². The molecule has 14 heavy (non-hydrogen) atoms. The van der Waals surface area contributed by atoms with Crippen molar-refractivity contribution in [3.8, 4) is 0 Å². The van der Waals surface area contributed by atoms with E-state index < -0.39 is 0 Å². The molecular formula is C10H9NOS2. The van der Waals surface area contributed by atoms with Crippen LogP contribution in [0.3, 0.4) is 0 Å². The Morgan fingerprint density at radius 1 is 1.57 bits per heavy atom. The topological polar surface area (TPSA) is 20.3 Å². The van der Waals surface area contributed by atoms with Crippen LogP contribution in [0, 0.1) is 0 Å². The van der Waals surface area contributed by atoms with Crippen LogP contribution in [-0.4, -0.2) is 17.7 Å².